The summed E-state index contributed by atoms with van der Waals surface area (Å²) >= 11 is 9.80. The molecule has 3 heterocycles. The molecule has 1 amide bonds. The highest BCUT2D eigenvalue weighted by molar-refractivity contribution is 9.10. The van der Waals surface area contributed by atoms with Crippen molar-refractivity contribution in [1.82, 2.24) is 24.8 Å². The van der Waals surface area contributed by atoms with Crippen LogP contribution >= 0.6 is 27.5 Å². The number of carbonyl (C=O) groups is 1. The van der Waals surface area contributed by atoms with E-state index < -0.39 is 11.4 Å². The number of nitrogens with one attached hydrogen (secondary N) is 1. The van der Waals surface area contributed by atoms with Crippen molar-refractivity contribution in [3.8, 4) is 0 Å². The lowest BCUT2D eigenvalue weighted by Gasteiger charge is -2.28. The van der Waals surface area contributed by atoms with Crippen molar-refractivity contribution in [1.29, 1.82) is 0 Å². The van der Waals surface area contributed by atoms with Gasteiger partial charge < -0.3 is 34.7 Å². The van der Waals surface area contributed by atoms with E-state index >= 15 is 0 Å². The third-order valence-corrected chi connectivity index (χ3v) is 8.73. The molecule has 3 N–H and O–H groups in total. The summed E-state index contributed by atoms with van der Waals surface area (Å²) in [5.74, 6) is -0.491. The predicted molar refractivity (Wildman–Crippen MR) is 171 cm³/mol. The first-order chi connectivity index (χ1) is 20.7. The fourth-order valence-corrected chi connectivity index (χ4v) is 6.87. The van der Waals surface area contributed by atoms with Crippen LogP contribution in [0.4, 0.5) is 15.0 Å². The molecule has 10 nitrogen and oxygen atoms in total. The number of nitrogens with zero attached hydrogens (tertiary/aromatic N) is 4. The summed E-state index contributed by atoms with van der Waals surface area (Å²) < 4.78 is 34.7. The number of halogens is 3. The van der Waals surface area contributed by atoms with Crippen LogP contribution in [-0.2, 0) is 20.6 Å². The summed E-state index contributed by atoms with van der Waals surface area (Å²) in [7, 11) is 0. The SMILES string of the molecule is CC(C)(C)OC(=O)N(CCCNCC1C[C@@H](n2cc(Br)c3c(N)nc(Cl)nc32)[C@@H]2OC(C)(C)O[C@H]12)CCc1ccc(F)cc1. The minimum absolute atomic E-state index is 0.0399. The fourth-order valence-electron chi connectivity index (χ4n) is 6.10. The largest absolute Gasteiger partial charge is 0.444 e. The van der Waals surface area contributed by atoms with Gasteiger partial charge in [-0.05, 0) is 106 Å². The van der Waals surface area contributed by atoms with Crippen LogP contribution in [0.2, 0.25) is 5.28 Å². The number of nitrogen functional groups attached to an aromatic ring is 1. The van der Waals surface area contributed by atoms with Gasteiger partial charge in [0.15, 0.2) is 5.79 Å². The highest BCUT2D eigenvalue weighted by atomic mass is 79.9. The number of amides is 1. The molecule has 0 spiro atoms. The van der Waals surface area contributed by atoms with Gasteiger partial charge in [0.2, 0.25) is 5.28 Å². The van der Waals surface area contributed by atoms with Crippen LogP contribution in [0.15, 0.2) is 34.9 Å². The average Bonchev–Trinajstić information content (AvgIpc) is 3.53. The lowest BCUT2D eigenvalue weighted by atomic mass is 10.1. The van der Waals surface area contributed by atoms with E-state index in [-0.39, 0.29) is 41.4 Å². The van der Waals surface area contributed by atoms with Crippen LogP contribution in [0.3, 0.4) is 0 Å². The number of nitrogens with two attached hydrogens (primary N) is 1. The summed E-state index contributed by atoms with van der Waals surface area (Å²) in [5, 5.41) is 4.40. The van der Waals surface area contributed by atoms with Gasteiger partial charge >= 0.3 is 6.09 Å². The molecule has 1 saturated carbocycles. The van der Waals surface area contributed by atoms with Crippen molar-refractivity contribution in [3.05, 3.63) is 51.6 Å². The lowest BCUT2D eigenvalue weighted by Crippen LogP contribution is -2.39. The summed E-state index contributed by atoms with van der Waals surface area (Å²) in [5.41, 5.74) is 7.19. The number of hydrogen-bond acceptors (Lipinski definition) is 8. The van der Waals surface area contributed by atoms with Gasteiger partial charge in [-0.3, -0.25) is 0 Å². The Hall–Kier alpha value is -2.51. The van der Waals surface area contributed by atoms with E-state index in [9.17, 15) is 9.18 Å². The van der Waals surface area contributed by atoms with E-state index in [4.69, 9.17) is 31.5 Å². The topological polar surface area (TPSA) is 117 Å². The number of rotatable bonds is 10. The van der Waals surface area contributed by atoms with Crippen LogP contribution in [0.1, 0.15) is 59.1 Å². The first kappa shape index (κ1) is 32.9. The molecule has 3 aromatic rings. The Balaban J connectivity index is 1.21. The molecule has 2 aliphatic rings. The van der Waals surface area contributed by atoms with E-state index in [1.54, 1.807) is 17.0 Å². The summed E-state index contributed by atoms with van der Waals surface area (Å²) in [6, 6.07) is 6.32. The Morgan fingerprint density at radius 1 is 1.23 bits per heavy atom. The van der Waals surface area contributed by atoms with Gasteiger partial charge in [0.1, 0.15) is 29.0 Å². The number of hydrogen-bond donors (Lipinski definition) is 2. The average molecular weight is 696 g/mol. The van der Waals surface area contributed by atoms with Gasteiger partial charge in [-0.25, -0.2) is 14.2 Å². The van der Waals surface area contributed by atoms with Crippen LogP contribution < -0.4 is 11.1 Å². The maximum Gasteiger partial charge on any atom is 0.410 e. The predicted octanol–water partition coefficient (Wildman–Crippen LogP) is 6.11. The van der Waals surface area contributed by atoms with Crippen LogP contribution in [0, 0.1) is 11.7 Å². The van der Waals surface area contributed by atoms with Crippen molar-refractivity contribution in [2.45, 2.75) is 83.5 Å². The van der Waals surface area contributed by atoms with E-state index in [2.05, 4.69) is 35.8 Å². The third kappa shape index (κ3) is 7.64. The van der Waals surface area contributed by atoms with Crippen molar-refractivity contribution in [3.63, 3.8) is 0 Å². The maximum absolute atomic E-state index is 13.3. The van der Waals surface area contributed by atoms with Crippen molar-refractivity contribution < 1.29 is 23.4 Å². The van der Waals surface area contributed by atoms with Crippen LogP contribution in [-0.4, -0.2) is 75.3 Å². The second-order valence-electron chi connectivity index (χ2n) is 13.0. The first-order valence-electron chi connectivity index (χ1n) is 15.0. The van der Waals surface area contributed by atoms with Gasteiger partial charge in [-0.15, -0.1) is 0 Å². The van der Waals surface area contributed by atoms with Crippen molar-refractivity contribution in [2.24, 2.45) is 5.92 Å². The maximum atomic E-state index is 13.3. The molecule has 5 rings (SSSR count). The molecule has 2 fully saturated rings. The van der Waals surface area contributed by atoms with Gasteiger partial charge in [-0.2, -0.15) is 4.98 Å². The van der Waals surface area contributed by atoms with Gasteiger partial charge in [0.05, 0.1) is 17.5 Å². The number of fused-ring (bicyclic) bond motifs is 2. The lowest BCUT2D eigenvalue weighted by molar-refractivity contribution is -0.160. The molecule has 1 aliphatic heterocycles. The highest BCUT2D eigenvalue weighted by Gasteiger charge is 2.54. The van der Waals surface area contributed by atoms with Gasteiger partial charge in [0, 0.05) is 36.2 Å². The Kier molecular flexibility index (Phi) is 9.77. The zero-order chi connectivity index (χ0) is 31.8. The van der Waals surface area contributed by atoms with Crippen LogP contribution in [0.5, 0.6) is 0 Å². The Morgan fingerprint density at radius 2 is 1.93 bits per heavy atom. The van der Waals surface area contributed by atoms with Crippen molar-refractivity contribution in [2.75, 3.05) is 31.9 Å². The number of benzene rings is 1. The summed E-state index contributed by atoms with van der Waals surface area (Å²) in [6.45, 7) is 11.9. The third-order valence-electron chi connectivity index (χ3n) is 7.96. The second kappa shape index (κ2) is 13.1. The molecule has 240 valence electrons. The number of aromatic nitrogens is 3. The molecular weight excluding hydrogens is 655 g/mol. The molecular formula is C31H41BrClFN6O4. The number of anilines is 1. The quantitative estimate of drug-likeness (QED) is 0.193. The van der Waals surface area contributed by atoms with Crippen LogP contribution in [0.25, 0.3) is 11.0 Å². The minimum Gasteiger partial charge on any atom is -0.444 e. The zero-order valence-corrected chi connectivity index (χ0v) is 28.1. The van der Waals surface area contributed by atoms with E-state index in [0.717, 1.165) is 34.8 Å². The molecule has 0 bridgehead atoms. The van der Waals surface area contributed by atoms with E-state index in [1.165, 1.54) is 12.1 Å². The summed E-state index contributed by atoms with van der Waals surface area (Å²) in [6.07, 6.45) is 3.48. The standard InChI is InChI=1S/C31H41BrClFN6O4/c1-30(2,3)44-29(41)39(14-11-18-7-9-20(34)10-8-18)13-6-12-36-16-19-15-22(25-24(19)42-31(4,5)43-25)40-17-21(32)23-26(35)37-28(33)38-27(23)40/h7-10,17,19,22,24-25,36H,6,11-16H2,1-5H3,(H2,35,37,38)/t19?,22-,24-,25+/m1/s1. The Labute approximate surface area is 270 Å². The Bertz CT molecular complexity index is 1480. The molecule has 13 heteroatoms. The molecule has 1 unspecified atom stereocenters. The van der Waals surface area contributed by atoms with E-state index in [0.29, 0.717) is 37.5 Å². The second-order valence-corrected chi connectivity index (χ2v) is 14.2. The monoisotopic (exact) mass is 694 g/mol. The van der Waals surface area contributed by atoms with Gasteiger partial charge in [-0.1, -0.05) is 12.1 Å². The molecule has 1 aromatic carbocycles. The fraction of sp³-hybridized carbons (Fsp3) is 0.581. The summed E-state index contributed by atoms with van der Waals surface area (Å²) in [4.78, 5) is 23.3. The molecule has 1 aliphatic carbocycles. The molecule has 1 saturated heterocycles. The van der Waals surface area contributed by atoms with E-state index in [1.807, 2.05) is 40.8 Å². The smallest absolute Gasteiger partial charge is 0.410 e. The number of carbonyl (C=O) groups excluding carboxylic acids is 1. The molecule has 0 radical (unpaired) electrons. The molecule has 44 heavy (non-hydrogen) atoms. The molecule has 4 atom stereocenters. The first-order valence-corrected chi connectivity index (χ1v) is 16.2. The number of ether oxygens (including phenoxy) is 3. The molecule has 2 aromatic heterocycles. The minimum atomic E-state index is -0.712. The van der Waals surface area contributed by atoms with Crippen molar-refractivity contribution >= 4 is 50.5 Å². The van der Waals surface area contributed by atoms with Gasteiger partial charge in [0.25, 0.3) is 0 Å². The normalized spacial score (nSPS) is 22.8. The highest BCUT2D eigenvalue weighted by Crippen LogP contribution is 2.48. The zero-order valence-electron chi connectivity index (χ0n) is 25.8. The Morgan fingerprint density at radius 3 is 2.64 bits per heavy atom.